The number of rotatable bonds is 2. The van der Waals surface area contributed by atoms with Crippen LogP contribution in [0, 0.1) is 11.3 Å². The van der Waals surface area contributed by atoms with Crippen LogP contribution in [0.25, 0.3) is 11.1 Å². The van der Waals surface area contributed by atoms with Gasteiger partial charge in [-0.3, -0.25) is 4.79 Å². The predicted octanol–water partition coefficient (Wildman–Crippen LogP) is 1.71. The SMILES string of the molecule is COc1cccc(C2C(C#N)=C(N)Oc3c2ccc2oc(=O)c(=O)[nH]c32)c1. The maximum Gasteiger partial charge on any atom is 0.402 e. The maximum atomic E-state index is 11.7. The minimum absolute atomic E-state index is 0.0858. The predicted molar refractivity (Wildman–Crippen MR) is 95.4 cm³/mol. The van der Waals surface area contributed by atoms with Gasteiger partial charge in [-0.2, -0.15) is 5.26 Å². The van der Waals surface area contributed by atoms with Gasteiger partial charge in [-0.05, 0) is 23.8 Å². The number of benzene rings is 2. The monoisotopic (exact) mass is 363 g/mol. The van der Waals surface area contributed by atoms with Crippen molar-refractivity contribution in [1.82, 2.24) is 4.98 Å². The molecule has 1 aliphatic heterocycles. The molecule has 0 spiro atoms. The van der Waals surface area contributed by atoms with E-state index in [4.69, 9.17) is 19.6 Å². The van der Waals surface area contributed by atoms with E-state index in [1.165, 1.54) is 0 Å². The summed E-state index contributed by atoms with van der Waals surface area (Å²) >= 11 is 0. The van der Waals surface area contributed by atoms with Gasteiger partial charge in [0.05, 0.1) is 13.0 Å². The first-order valence-corrected chi connectivity index (χ1v) is 7.95. The third-order valence-corrected chi connectivity index (χ3v) is 4.40. The van der Waals surface area contributed by atoms with Crippen LogP contribution in [0.4, 0.5) is 0 Å². The lowest BCUT2D eigenvalue weighted by Gasteiger charge is -2.27. The molecule has 0 fully saturated rings. The molecule has 0 aliphatic carbocycles. The van der Waals surface area contributed by atoms with Crippen LogP contribution in [-0.2, 0) is 0 Å². The Kier molecular flexibility index (Phi) is 3.70. The van der Waals surface area contributed by atoms with Crippen LogP contribution in [0.2, 0.25) is 0 Å². The second-order valence-electron chi connectivity index (χ2n) is 5.90. The first kappa shape index (κ1) is 16.5. The van der Waals surface area contributed by atoms with Gasteiger partial charge in [-0.1, -0.05) is 18.2 Å². The number of aromatic nitrogens is 1. The summed E-state index contributed by atoms with van der Waals surface area (Å²) in [7, 11) is 1.55. The minimum Gasteiger partial charge on any atom is -0.497 e. The molecule has 1 aromatic heterocycles. The zero-order valence-corrected chi connectivity index (χ0v) is 14.1. The first-order valence-electron chi connectivity index (χ1n) is 7.95. The molecule has 0 radical (unpaired) electrons. The number of nitrogens with one attached hydrogen (secondary N) is 1. The van der Waals surface area contributed by atoms with Crippen LogP contribution in [-0.4, -0.2) is 12.1 Å². The van der Waals surface area contributed by atoms with Gasteiger partial charge < -0.3 is 24.6 Å². The van der Waals surface area contributed by atoms with Gasteiger partial charge in [-0.25, -0.2) is 4.79 Å². The summed E-state index contributed by atoms with van der Waals surface area (Å²) in [4.78, 5) is 25.7. The summed E-state index contributed by atoms with van der Waals surface area (Å²) in [5.41, 5.74) is 6.00. The van der Waals surface area contributed by atoms with Crippen molar-refractivity contribution in [2.45, 2.75) is 5.92 Å². The topological polar surface area (TPSA) is 131 Å². The number of nitrogens with two attached hydrogens (primary N) is 1. The van der Waals surface area contributed by atoms with Gasteiger partial charge in [0.1, 0.15) is 22.9 Å². The van der Waals surface area contributed by atoms with Crippen molar-refractivity contribution < 1.29 is 13.9 Å². The number of allylic oxidation sites excluding steroid dienone is 1. The Labute approximate surface area is 152 Å². The normalized spacial score (nSPS) is 15.8. The van der Waals surface area contributed by atoms with E-state index in [0.29, 0.717) is 11.3 Å². The lowest BCUT2D eigenvalue weighted by atomic mass is 9.83. The molecule has 0 saturated carbocycles. The van der Waals surface area contributed by atoms with Crippen molar-refractivity contribution >= 4 is 11.1 Å². The zero-order valence-electron chi connectivity index (χ0n) is 14.1. The van der Waals surface area contributed by atoms with Crippen molar-refractivity contribution in [3.05, 3.63) is 79.8 Å². The molecule has 0 saturated heterocycles. The lowest BCUT2D eigenvalue weighted by Crippen LogP contribution is -2.26. The highest BCUT2D eigenvalue weighted by atomic mass is 16.5. The number of aromatic amines is 1. The average Bonchev–Trinajstić information content (AvgIpc) is 2.68. The van der Waals surface area contributed by atoms with E-state index in [1.807, 2.05) is 6.07 Å². The Morgan fingerprint density at radius 3 is 2.81 bits per heavy atom. The maximum absolute atomic E-state index is 11.7. The molecule has 4 rings (SSSR count). The number of hydrogen-bond acceptors (Lipinski definition) is 7. The number of hydrogen-bond donors (Lipinski definition) is 2. The van der Waals surface area contributed by atoms with E-state index >= 15 is 0 Å². The molecule has 1 aliphatic rings. The van der Waals surface area contributed by atoms with E-state index in [-0.39, 0.29) is 28.3 Å². The van der Waals surface area contributed by atoms with Gasteiger partial charge >= 0.3 is 11.2 Å². The summed E-state index contributed by atoms with van der Waals surface area (Å²) in [5, 5.41) is 9.62. The number of fused-ring (bicyclic) bond motifs is 3. The van der Waals surface area contributed by atoms with E-state index in [2.05, 4.69) is 11.1 Å². The Hall–Kier alpha value is -3.99. The van der Waals surface area contributed by atoms with Crippen LogP contribution in [0.3, 0.4) is 0 Å². The number of methoxy groups -OCH3 is 1. The summed E-state index contributed by atoms with van der Waals surface area (Å²) in [6, 6.07) is 12.5. The Balaban J connectivity index is 2.04. The molecule has 3 N–H and O–H groups in total. The van der Waals surface area contributed by atoms with Crippen molar-refractivity contribution in [1.29, 1.82) is 5.26 Å². The molecule has 2 heterocycles. The second kappa shape index (κ2) is 6.07. The quantitative estimate of drug-likeness (QED) is 0.662. The second-order valence-corrected chi connectivity index (χ2v) is 5.90. The smallest absolute Gasteiger partial charge is 0.402 e. The fraction of sp³-hybridized carbons (Fsp3) is 0.105. The van der Waals surface area contributed by atoms with Crippen LogP contribution < -0.4 is 26.4 Å². The van der Waals surface area contributed by atoms with Crippen molar-refractivity contribution in [2.75, 3.05) is 7.11 Å². The molecule has 8 heteroatoms. The van der Waals surface area contributed by atoms with Crippen molar-refractivity contribution in [3.8, 4) is 17.6 Å². The summed E-state index contributed by atoms with van der Waals surface area (Å²) in [6.45, 7) is 0. The first-order chi connectivity index (χ1) is 13.0. The number of H-pyrrole nitrogens is 1. The van der Waals surface area contributed by atoms with Crippen molar-refractivity contribution in [3.63, 3.8) is 0 Å². The average molecular weight is 363 g/mol. The molecule has 1 atom stereocenters. The molecule has 2 aromatic carbocycles. The van der Waals surface area contributed by atoms with Gasteiger partial charge in [0.2, 0.25) is 5.88 Å². The number of ether oxygens (including phenoxy) is 2. The highest BCUT2D eigenvalue weighted by Crippen LogP contribution is 2.44. The molecular formula is C19H13N3O5. The van der Waals surface area contributed by atoms with Crippen LogP contribution in [0.1, 0.15) is 17.0 Å². The third-order valence-electron chi connectivity index (χ3n) is 4.40. The van der Waals surface area contributed by atoms with Gasteiger partial charge in [0.25, 0.3) is 0 Å². The van der Waals surface area contributed by atoms with Gasteiger partial charge in [0, 0.05) is 5.56 Å². The minimum atomic E-state index is -1.01. The van der Waals surface area contributed by atoms with E-state index < -0.39 is 17.1 Å². The Bertz CT molecular complexity index is 1260. The van der Waals surface area contributed by atoms with Crippen LogP contribution in [0.15, 0.2) is 61.9 Å². The molecule has 0 amide bonds. The highest BCUT2D eigenvalue weighted by Gasteiger charge is 2.32. The molecule has 134 valence electrons. The van der Waals surface area contributed by atoms with E-state index in [0.717, 1.165) is 5.56 Å². The number of nitriles is 1. The fourth-order valence-electron chi connectivity index (χ4n) is 3.18. The third kappa shape index (κ3) is 2.53. The zero-order chi connectivity index (χ0) is 19.1. The summed E-state index contributed by atoms with van der Waals surface area (Å²) in [6.07, 6.45) is 0. The van der Waals surface area contributed by atoms with Crippen molar-refractivity contribution in [2.24, 2.45) is 5.73 Å². The summed E-state index contributed by atoms with van der Waals surface area (Å²) in [5.74, 6) is 0.236. The summed E-state index contributed by atoms with van der Waals surface area (Å²) < 4.78 is 15.9. The van der Waals surface area contributed by atoms with Gasteiger partial charge in [0.15, 0.2) is 11.3 Å². The number of nitrogens with zero attached hydrogens (tertiary/aromatic N) is 1. The fourth-order valence-corrected chi connectivity index (χ4v) is 3.18. The molecule has 3 aromatic rings. The Morgan fingerprint density at radius 2 is 2.07 bits per heavy atom. The molecule has 8 nitrogen and oxygen atoms in total. The molecule has 0 bridgehead atoms. The molecule has 1 unspecified atom stereocenters. The Morgan fingerprint density at radius 1 is 1.26 bits per heavy atom. The largest absolute Gasteiger partial charge is 0.497 e. The van der Waals surface area contributed by atoms with Gasteiger partial charge in [-0.15, -0.1) is 0 Å². The van der Waals surface area contributed by atoms with E-state index in [1.54, 1.807) is 37.4 Å². The lowest BCUT2D eigenvalue weighted by molar-refractivity contribution is 0.395. The molecule has 27 heavy (non-hydrogen) atoms. The van der Waals surface area contributed by atoms with Crippen LogP contribution >= 0.6 is 0 Å². The van der Waals surface area contributed by atoms with Crippen LogP contribution in [0.5, 0.6) is 11.5 Å². The standard InChI is InChI=1S/C19H13N3O5/c1-25-10-4-2-3-9(7-10)14-11-5-6-13-15(22-18(23)19(24)26-13)16(11)27-17(21)12(14)8-20/h2-7,14H,21H2,1H3,(H,22,23). The highest BCUT2D eigenvalue weighted by molar-refractivity contribution is 5.83. The molecular weight excluding hydrogens is 350 g/mol. The van der Waals surface area contributed by atoms with E-state index in [9.17, 15) is 14.9 Å².